The first-order chi connectivity index (χ1) is 17.6. The standard InChI is InChI=1S/C23H26FN5O8/c24-10-4-7-15-12-27(26-25-15)13-17(30)19-20(33)28(11-14-5-2-1-3-6-14)23(37)29(21(19)34)16(22(35)36)8-9-18(31)32/h1-3,5-6,12,16,20,30,33H,4,7-11,13H2,(H,31,32)(H,35,36)/b19-17+/t16-,20?/m0/s1. The van der Waals surface area contributed by atoms with Gasteiger partial charge in [0.1, 0.15) is 23.9 Å². The van der Waals surface area contributed by atoms with Gasteiger partial charge in [0.25, 0.3) is 5.91 Å². The van der Waals surface area contributed by atoms with E-state index in [4.69, 9.17) is 5.11 Å². The van der Waals surface area contributed by atoms with Crippen LogP contribution in [-0.2, 0) is 33.9 Å². The van der Waals surface area contributed by atoms with Crippen molar-refractivity contribution in [3.63, 3.8) is 0 Å². The number of imide groups is 1. The summed E-state index contributed by atoms with van der Waals surface area (Å²) >= 11 is 0. The number of carbonyl (C=O) groups excluding carboxylic acids is 2. The molecular formula is C23H26FN5O8. The van der Waals surface area contributed by atoms with E-state index in [1.165, 1.54) is 6.20 Å². The van der Waals surface area contributed by atoms with Crippen LogP contribution in [0.1, 0.15) is 30.5 Å². The third kappa shape index (κ3) is 6.46. The van der Waals surface area contributed by atoms with Gasteiger partial charge in [0.05, 0.1) is 18.9 Å². The number of carboxylic acids is 2. The molecule has 13 nitrogen and oxygen atoms in total. The Morgan fingerprint density at radius 1 is 1.11 bits per heavy atom. The molecule has 0 radical (unpaired) electrons. The van der Waals surface area contributed by atoms with Crippen molar-refractivity contribution >= 4 is 23.9 Å². The summed E-state index contributed by atoms with van der Waals surface area (Å²) in [6.07, 6.45) is -1.29. The van der Waals surface area contributed by atoms with Gasteiger partial charge in [-0.25, -0.2) is 19.2 Å². The molecule has 1 saturated heterocycles. The quantitative estimate of drug-likeness (QED) is 0.234. The first-order valence-electron chi connectivity index (χ1n) is 11.3. The maximum absolute atomic E-state index is 13.3. The number of carbonyl (C=O) groups is 4. The van der Waals surface area contributed by atoms with Crippen molar-refractivity contribution in [2.45, 2.75) is 51.0 Å². The molecule has 14 heteroatoms. The van der Waals surface area contributed by atoms with E-state index in [2.05, 4.69) is 10.3 Å². The van der Waals surface area contributed by atoms with Crippen LogP contribution in [0.25, 0.3) is 0 Å². The summed E-state index contributed by atoms with van der Waals surface area (Å²) in [5.41, 5.74) is 0.292. The lowest BCUT2D eigenvalue weighted by atomic mass is 10.0. The zero-order valence-corrected chi connectivity index (χ0v) is 19.6. The summed E-state index contributed by atoms with van der Waals surface area (Å²) in [6.45, 7) is -1.27. The van der Waals surface area contributed by atoms with E-state index in [1.54, 1.807) is 30.3 Å². The minimum Gasteiger partial charge on any atom is -0.510 e. The zero-order valence-electron chi connectivity index (χ0n) is 19.6. The molecule has 0 bridgehead atoms. The minimum absolute atomic E-state index is 0.210. The lowest BCUT2D eigenvalue weighted by Gasteiger charge is -2.41. The predicted molar refractivity (Wildman–Crippen MR) is 123 cm³/mol. The molecule has 3 rings (SSSR count). The molecule has 0 aliphatic carbocycles. The number of urea groups is 1. The first kappa shape index (κ1) is 27.3. The highest BCUT2D eigenvalue weighted by atomic mass is 19.1. The fourth-order valence-electron chi connectivity index (χ4n) is 3.85. The van der Waals surface area contributed by atoms with Gasteiger partial charge in [-0.3, -0.25) is 18.9 Å². The van der Waals surface area contributed by atoms with Gasteiger partial charge in [-0.1, -0.05) is 35.5 Å². The van der Waals surface area contributed by atoms with Crippen LogP contribution in [0.4, 0.5) is 9.18 Å². The van der Waals surface area contributed by atoms with Gasteiger partial charge in [-0.05, 0) is 24.8 Å². The number of carboxylic acid groups (broad SMARTS) is 2. The fraction of sp³-hybridized carbons (Fsp3) is 0.391. The van der Waals surface area contributed by atoms with E-state index in [1.807, 2.05) is 0 Å². The van der Waals surface area contributed by atoms with Crippen molar-refractivity contribution < 1.29 is 44.0 Å². The molecule has 1 aromatic heterocycles. The smallest absolute Gasteiger partial charge is 0.330 e. The number of alkyl halides is 1. The highest BCUT2D eigenvalue weighted by Gasteiger charge is 2.48. The molecule has 2 heterocycles. The van der Waals surface area contributed by atoms with Crippen LogP contribution in [0.2, 0.25) is 0 Å². The Balaban J connectivity index is 2.01. The van der Waals surface area contributed by atoms with Crippen LogP contribution < -0.4 is 0 Å². The molecule has 2 atom stereocenters. The van der Waals surface area contributed by atoms with Gasteiger partial charge in [-0.2, -0.15) is 0 Å². The van der Waals surface area contributed by atoms with Crippen LogP contribution in [0.3, 0.4) is 0 Å². The number of nitrogens with zero attached hydrogens (tertiary/aromatic N) is 5. The summed E-state index contributed by atoms with van der Waals surface area (Å²) in [5, 5.41) is 48.1. The number of benzene rings is 1. The van der Waals surface area contributed by atoms with Gasteiger partial charge in [0.2, 0.25) is 0 Å². The molecule has 1 aromatic carbocycles. The first-order valence-corrected chi connectivity index (χ1v) is 11.3. The van der Waals surface area contributed by atoms with E-state index in [-0.39, 0.29) is 19.4 Å². The second-order valence-corrected chi connectivity index (χ2v) is 8.29. The minimum atomic E-state index is -1.94. The number of amides is 3. The number of halogens is 1. The Morgan fingerprint density at radius 2 is 1.81 bits per heavy atom. The van der Waals surface area contributed by atoms with Gasteiger partial charge in [0, 0.05) is 12.6 Å². The van der Waals surface area contributed by atoms with Crippen LogP contribution in [0, 0.1) is 0 Å². The van der Waals surface area contributed by atoms with Crippen LogP contribution in [-0.4, -0.2) is 88.0 Å². The molecular weight excluding hydrogens is 493 g/mol. The lowest BCUT2D eigenvalue weighted by molar-refractivity contribution is -0.151. The molecule has 198 valence electrons. The molecule has 0 saturated carbocycles. The lowest BCUT2D eigenvalue weighted by Crippen LogP contribution is -2.62. The average molecular weight is 519 g/mol. The number of aryl methyl sites for hydroxylation is 1. The molecule has 1 unspecified atom stereocenters. The van der Waals surface area contributed by atoms with E-state index in [9.17, 15) is 38.9 Å². The van der Waals surface area contributed by atoms with Crippen molar-refractivity contribution in [3.8, 4) is 0 Å². The van der Waals surface area contributed by atoms with Crippen molar-refractivity contribution in [3.05, 3.63) is 59.1 Å². The fourth-order valence-corrected chi connectivity index (χ4v) is 3.85. The van der Waals surface area contributed by atoms with Crippen LogP contribution >= 0.6 is 0 Å². The Bertz CT molecular complexity index is 1180. The third-order valence-electron chi connectivity index (χ3n) is 5.65. The Hall–Kier alpha value is -4.33. The van der Waals surface area contributed by atoms with E-state index in [0.29, 0.717) is 16.2 Å². The van der Waals surface area contributed by atoms with Crippen LogP contribution in [0.5, 0.6) is 0 Å². The third-order valence-corrected chi connectivity index (χ3v) is 5.65. The molecule has 1 aliphatic heterocycles. The number of aliphatic carboxylic acids is 2. The molecule has 2 aromatic rings. The molecule has 1 aliphatic rings. The highest BCUT2D eigenvalue weighted by Crippen LogP contribution is 2.28. The summed E-state index contributed by atoms with van der Waals surface area (Å²) in [4.78, 5) is 50.7. The summed E-state index contributed by atoms with van der Waals surface area (Å²) in [5.74, 6) is -4.96. The summed E-state index contributed by atoms with van der Waals surface area (Å²) in [6, 6.07) is 5.30. The summed E-state index contributed by atoms with van der Waals surface area (Å²) < 4.78 is 13.6. The number of hydrogen-bond acceptors (Lipinski definition) is 8. The van der Waals surface area contributed by atoms with Crippen molar-refractivity contribution in [2.24, 2.45) is 0 Å². The number of aliphatic hydroxyl groups is 2. The van der Waals surface area contributed by atoms with Gasteiger partial charge < -0.3 is 20.4 Å². The van der Waals surface area contributed by atoms with Gasteiger partial charge in [-0.15, -0.1) is 5.10 Å². The van der Waals surface area contributed by atoms with E-state index in [0.717, 1.165) is 9.58 Å². The second kappa shape index (κ2) is 12.1. The Kier molecular flexibility index (Phi) is 8.90. The zero-order chi connectivity index (χ0) is 27.1. The largest absolute Gasteiger partial charge is 0.510 e. The van der Waals surface area contributed by atoms with Gasteiger partial charge >= 0.3 is 18.0 Å². The number of hydrogen-bond donors (Lipinski definition) is 4. The van der Waals surface area contributed by atoms with E-state index < -0.39 is 73.5 Å². The molecule has 37 heavy (non-hydrogen) atoms. The Morgan fingerprint density at radius 3 is 2.43 bits per heavy atom. The van der Waals surface area contributed by atoms with Crippen molar-refractivity contribution in [1.29, 1.82) is 0 Å². The number of aliphatic hydroxyl groups excluding tert-OH is 2. The van der Waals surface area contributed by atoms with Crippen molar-refractivity contribution in [1.82, 2.24) is 24.8 Å². The molecule has 1 fully saturated rings. The number of allylic oxidation sites excluding steroid dienone is 1. The van der Waals surface area contributed by atoms with Gasteiger partial charge in [0.15, 0.2) is 6.23 Å². The van der Waals surface area contributed by atoms with E-state index >= 15 is 0 Å². The maximum Gasteiger partial charge on any atom is 0.330 e. The normalized spacial score (nSPS) is 18.2. The topological polar surface area (TPSA) is 186 Å². The SMILES string of the molecule is O=C(O)CC[C@@H](C(=O)O)N1C(=O)/C(=C(/O)Cn2cc(CCCF)nn2)C(O)N(Cc2ccccc2)C1=O. The van der Waals surface area contributed by atoms with Crippen molar-refractivity contribution in [2.75, 3.05) is 6.67 Å². The van der Waals surface area contributed by atoms with Crippen LogP contribution in [0.15, 0.2) is 47.9 Å². The molecule has 0 spiro atoms. The number of aromatic nitrogens is 3. The Labute approximate surface area is 210 Å². The maximum atomic E-state index is 13.3. The molecule has 4 N–H and O–H groups in total. The highest BCUT2D eigenvalue weighted by molar-refractivity contribution is 6.09. The monoisotopic (exact) mass is 519 g/mol. The summed E-state index contributed by atoms with van der Waals surface area (Å²) in [7, 11) is 0. The number of rotatable bonds is 12. The molecule has 3 amide bonds. The predicted octanol–water partition coefficient (Wildman–Crippen LogP) is 1.09. The second-order valence-electron chi connectivity index (χ2n) is 8.29. The average Bonchev–Trinajstić information content (AvgIpc) is 3.29.